The minimum atomic E-state index is 1.23. The molecule has 0 unspecified atom stereocenters. The van der Waals surface area contributed by atoms with Gasteiger partial charge in [-0.25, -0.2) is 0 Å². The van der Waals surface area contributed by atoms with E-state index in [1.165, 1.54) is 117 Å². The van der Waals surface area contributed by atoms with E-state index in [4.69, 9.17) is 0 Å². The average Bonchev–Trinajstić information content (AvgIpc) is 3.79. The smallest absolute Gasteiger partial charge is 0.0434 e. The lowest BCUT2D eigenvalue weighted by atomic mass is 9.85. The van der Waals surface area contributed by atoms with Crippen LogP contribution in [-0.4, -0.2) is 0 Å². The Hall–Kier alpha value is -6.32. The molecule has 2 heteroatoms. The molecule has 2 heterocycles. The Kier molecular flexibility index (Phi) is 6.48. The SMILES string of the molecule is c1cc(-c2cccc3ccccc23)cc(-c2c3ccccc3c(-c3ccc4sc5c6cc7sc8ccccc8c7cc6ccc5c4c3)c3ccccc23)c1. The summed E-state index contributed by atoms with van der Waals surface area (Å²) in [6.07, 6.45) is 0. The quantitative estimate of drug-likeness (QED) is 0.160. The summed E-state index contributed by atoms with van der Waals surface area (Å²) in [7, 11) is 0. The van der Waals surface area contributed by atoms with Gasteiger partial charge in [0.2, 0.25) is 0 Å². The maximum Gasteiger partial charge on any atom is 0.0434 e. The highest BCUT2D eigenvalue weighted by Gasteiger charge is 2.19. The van der Waals surface area contributed by atoms with E-state index in [1.807, 2.05) is 22.7 Å². The fourth-order valence-electron chi connectivity index (χ4n) is 9.00. The monoisotopic (exact) mass is 718 g/mol. The van der Waals surface area contributed by atoms with Crippen LogP contribution in [0.25, 0.3) is 117 Å². The number of benzene rings is 10. The molecule has 54 heavy (non-hydrogen) atoms. The van der Waals surface area contributed by atoms with Crippen LogP contribution in [0.15, 0.2) is 182 Å². The van der Waals surface area contributed by atoms with E-state index in [-0.39, 0.29) is 0 Å². The second-order valence-corrected chi connectivity index (χ2v) is 16.5. The maximum atomic E-state index is 2.45. The van der Waals surface area contributed by atoms with Gasteiger partial charge in [0.15, 0.2) is 0 Å². The minimum absolute atomic E-state index is 1.23. The molecule has 0 aliphatic carbocycles. The van der Waals surface area contributed by atoms with Crippen molar-refractivity contribution in [1.29, 1.82) is 0 Å². The fourth-order valence-corrected chi connectivity index (χ4v) is 11.3. The van der Waals surface area contributed by atoms with E-state index in [9.17, 15) is 0 Å². The molecule has 0 bridgehead atoms. The zero-order valence-corrected chi connectivity index (χ0v) is 30.8. The Bertz CT molecular complexity index is 3440. The molecule has 0 atom stereocenters. The van der Waals surface area contributed by atoms with Crippen molar-refractivity contribution < 1.29 is 0 Å². The summed E-state index contributed by atoms with van der Waals surface area (Å²) in [6.45, 7) is 0. The number of hydrogen-bond acceptors (Lipinski definition) is 2. The average molecular weight is 719 g/mol. The molecule has 0 aliphatic rings. The van der Waals surface area contributed by atoms with Crippen LogP contribution in [0, 0.1) is 0 Å². The van der Waals surface area contributed by atoms with Gasteiger partial charge in [-0.1, -0.05) is 146 Å². The third-order valence-electron chi connectivity index (χ3n) is 11.4. The van der Waals surface area contributed by atoms with Crippen LogP contribution >= 0.6 is 22.7 Å². The van der Waals surface area contributed by atoms with Crippen molar-refractivity contribution >= 4 is 106 Å². The predicted octanol–water partition coefficient (Wildman–Crippen LogP) is 16.0. The lowest BCUT2D eigenvalue weighted by Gasteiger charge is -2.18. The molecule has 0 N–H and O–H groups in total. The van der Waals surface area contributed by atoms with Gasteiger partial charge in [0, 0.05) is 45.7 Å². The third kappa shape index (κ3) is 4.42. The van der Waals surface area contributed by atoms with E-state index in [2.05, 4.69) is 182 Å². The van der Waals surface area contributed by atoms with Crippen molar-refractivity contribution in [2.24, 2.45) is 0 Å². The molecular formula is C52H30S2. The zero-order valence-electron chi connectivity index (χ0n) is 29.1. The van der Waals surface area contributed by atoms with Crippen molar-refractivity contribution in [3.63, 3.8) is 0 Å². The van der Waals surface area contributed by atoms with Gasteiger partial charge in [0.05, 0.1) is 0 Å². The summed E-state index contributed by atoms with van der Waals surface area (Å²) in [5.41, 5.74) is 7.57. The Labute approximate surface area is 319 Å². The fraction of sp³-hybridized carbons (Fsp3) is 0. The Balaban J connectivity index is 1.07. The number of fused-ring (bicyclic) bond motifs is 11. The number of hydrogen-bond donors (Lipinski definition) is 0. The molecule has 10 aromatic carbocycles. The highest BCUT2D eigenvalue weighted by molar-refractivity contribution is 7.27. The first-order valence-corrected chi connectivity index (χ1v) is 20.1. The van der Waals surface area contributed by atoms with Gasteiger partial charge >= 0.3 is 0 Å². The van der Waals surface area contributed by atoms with Gasteiger partial charge in [0.1, 0.15) is 0 Å². The lowest BCUT2D eigenvalue weighted by molar-refractivity contribution is 1.63. The highest BCUT2D eigenvalue weighted by atomic mass is 32.1. The van der Waals surface area contributed by atoms with Gasteiger partial charge in [-0.2, -0.15) is 0 Å². The normalized spacial score (nSPS) is 12.1. The largest absolute Gasteiger partial charge is 0.135 e. The summed E-state index contributed by atoms with van der Waals surface area (Å²) < 4.78 is 5.40. The molecular weight excluding hydrogens is 689 g/mol. The van der Waals surface area contributed by atoms with Crippen LogP contribution in [0.5, 0.6) is 0 Å². The van der Waals surface area contributed by atoms with E-state index < -0.39 is 0 Å². The van der Waals surface area contributed by atoms with Crippen molar-refractivity contribution in [3.05, 3.63) is 182 Å². The van der Waals surface area contributed by atoms with Crippen LogP contribution in [-0.2, 0) is 0 Å². The Morgan fingerprint density at radius 3 is 1.63 bits per heavy atom. The van der Waals surface area contributed by atoms with Crippen molar-refractivity contribution in [2.45, 2.75) is 0 Å². The van der Waals surface area contributed by atoms with Crippen LogP contribution in [0.4, 0.5) is 0 Å². The van der Waals surface area contributed by atoms with Gasteiger partial charge in [0.25, 0.3) is 0 Å². The number of rotatable bonds is 3. The topological polar surface area (TPSA) is 0 Å². The summed E-state index contributed by atoms with van der Waals surface area (Å²) in [5, 5.41) is 15.7. The molecule has 12 aromatic rings. The summed E-state index contributed by atoms with van der Waals surface area (Å²) >= 11 is 3.82. The van der Waals surface area contributed by atoms with Crippen LogP contribution in [0.1, 0.15) is 0 Å². The van der Waals surface area contributed by atoms with E-state index in [0.717, 1.165) is 0 Å². The van der Waals surface area contributed by atoms with Gasteiger partial charge < -0.3 is 0 Å². The predicted molar refractivity (Wildman–Crippen MR) is 239 cm³/mol. The standard InChI is InChI=1S/C52H30S2/c1-2-15-36-31(11-1)12-10-21-37(36)32-13-9-14-34(27-32)50-39-17-3-5-19-41(39)51(42-20-6-4-18-40(42)50)35-24-26-48-46(29-35)43-25-23-33-28-45-38-16-7-8-22-47(38)53-49(45)30-44(33)52(43)54-48/h1-30H. The van der Waals surface area contributed by atoms with Crippen LogP contribution < -0.4 is 0 Å². The summed E-state index contributed by atoms with van der Waals surface area (Å²) in [5.74, 6) is 0. The molecule has 0 radical (unpaired) electrons. The van der Waals surface area contributed by atoms with E-state index in [1.54, 1.807) is 0 Å². The maximum absolute atomic E-state index is 2.45. The minimum Gasteiger partial charge on any atom is -0.135 e. The highest BCUT2D eigenvalue weighted by Crippen LogP contribution is 2.47. The molecule has 0 fully saturated rings. The third-order valence-corrected chi connectivity index (χ3v) is 13.8. The van der Waals surface area contributed by atoms with Crippen molar-refractivity contribution in [1.82, 2.24) is 0 Å². The molecule has 0 spiro atoms. The van der Waals surface area contributed by atoms with Gasteiger partial charge in [-0.05, 0) is 107 Å². The molecule has 0 amide bonds. The number of thiophene rings is 2. The molecule has 0 nitrogen and oxygen atoms in total. The molecule has 12 rings (SSSR count). The Morgan fingerprint density at radius 2 is 0.852 bits per heavy atom. The molecule has 0 saturated heterocycles. The zero-order chi connectivity index (χ0) is 35.3. The van der Waals surface area contributed by atoms with Gasteiger partial charge in [-0.15, -0.1) is 22.7 Å². The van der Waals surface area contributed by atoms with Crippen LogP contribution in [0.2, 0.25) is 0 Å². The summed E-state index contributed by atoms with van der Waals surface area (Å²) in [6, 6.07) is 67.9. The molecule has 0 saturated carbocycles. The first kappa shape index (κ1) is 30.2. The first-order valence-electron chi connectivity index (χ1n) is 18.5. The van der Waals surface area contributed by atoms with Gasteiger partial charge in [-0.3, -0.25) is 0 Å². The molecule has 0 aliphatic heterocycles. The Morgan fingerprint density at radius 1 is 0.259 bits per heavy atom. The first-order chi connectivity index (χ1) is 26.8. The molecule has 250 valence electrons. The van der Waals surface area contributed by atoms with Crippen LogP contribution in [0.3, 0.4) is 0 Å². The second-order valence-electron chi connectivity index (χ2n) is 14.4. The van der Waals surface area contributed by atoms with E-state index in [0.29, 0.717) is 0 Å². The van der Waals surface area contributed by atoms with Crippen molar-refractivity contribution in [3.8, 4) is 33.4 Å². The summed E-state index contributed by atoms with van der Waals surface area (Å²) in [4.78, 5) is 0. The van der Waals surface area contributed by atoms with Crippen molar-refractivity contribution in [2.75, 3.05) is 0 Å². The molecule has 2 aromatic heterocycles. The van der Waals surface area contributed by atoms with E-state index >= 15 is 0 Å². The lowest BCUT2D eigenvalue weighted by Crippen LogP contribution is -1.91. The second kappa shape index (κ2) is 11.6.